The second-order valence-corrected chi connectivity index (χ2v) is 3.58. The maximum atomic E-state index is 11.3. The van der Waals surface area contributed by atoms with E-state index in [9.17, 15) is 14.4 Å². The maximum Gasteiger partial charge on any atom is 0.237 e. The first-order valence-electron chi connectivity index (χ1n) is 5.33. The van der Waals surface area contributed by atoms with Gasteiger partial charge >= 0.3 is 0 Å². The third-order valence-electron chi connectivity index (χ3n) is 2.06. The van der Waals surface area contributed by atoms with E-state index in [4.69, 9.17) is 11.5 Å². The summed E-state index contributed by atoms with van der Waals surface area (Å²) in [5.74, 6) is -0.956. The molecule has 0 fully saturated rings. The Bertz CT molecular complexity index is 243. The largest absolute Gasteiger partial charge is 0.370 e. The molecule has 92 valence electrons. The molecule has 0 aromatic rings. The van der Waals surface area contributed by atoms with Crippen LogP contribution in [0.3, 0.4) is 0 Å². The molecule has 0 bridgehead atoms. The minimum atomic E-state index is -0.868. The summed E-state index contributed by atoms with van der Waals surface area (Å²) in [6.07, 6.45) is 3.78. The van der Waals surface area contributed by atoms with E-state index in [0.717, 1.165) is 25.5 Å². The van der Waals surface area contributed by atoms with Crippen molar-refractivity contribution in [1.82, 2.24) is 5.32 Å². The predicted molar refractivity (Wildman–Crippen MR) is 59.3 cm³/mol. The Kier molecular flexibility index (Phi) is 8.05. The molecule has 0 saturated heterocycles. The van der Waals surface area contributed by atoms with E-state index in [1.54, 1.807) is 0 Å². The van der Waals surface area contributed by atoms with Crippen LogP contribution in [0.5, 0.6) is 0 Å². The lowest BCUT2D eigenvalue weighted by molar-refractivity contribution is -0.126. The fourth-order valence-electron chi connectivity index (χ4n) is 1.18. The summed E-state index contributed by atoms with van der Waals surface area (Å²) in [6.45, 7) is 0.504. The van der Waals surface area contributed by atoms with E-state index in [0.29, 0.717) is 13.0 Å². The SMILES string of the molecule is NC(=O)C[C@H](N)C(=O)NCCCCCC=O. The summed E-state index contributed by atoms with van der Waals surface area (Å²) in [5, 5.41) is 2.60. The molecular weight excluding hydrogens is 210 g/mol. The highest BCUT2D eigenvalue weighted by Crippen LogP contribution is 1.96. The molecule has 0 aromatic carbocycles. The average Bonchev–Trinajstić information content (AvgIpc) is 2.21. The third kappa shape index (κ3) is 7.93. The van der Waals surface area contributed by atoms with Crippen LogP contribution in [0.25, 0.3) is 0 Å². The van der Waals surface area contributed by atoms with Crippen LogP contribution in [-0.4, -0.2) is 30.7 Å². The highest BCUT2D eigenvalue weighted by Gasteiger charge is 2.14. The molecular formula is C10H19N3O3. The van der Waals surface area contributed by atoms with E-state index in [2.05, 4.69) is 5.32 Å². The molecule has 0 aromatic heterocycles. The van der Waals surface area contributed by atoms with Crippen LogP contribution in [0.1, 0.15) is 32.1 Å². The van der Waals surface area contributed by atoms with Crippen molar-refractivity contribution in [3.8, 4) is 0 Å². The van der Waals surface area contributed by atoms with Crippen LogP contribution in [-0.2, 0) is 14.4 Å². The Morgan fingerprint density at radius 2 is 1.94 bits per heavy atom. The zero-order valence-electron chi connectivity index (χ0n) is 9.28. The lowest BCUT2D eigenvalue weighted by Gasteiger charge is -2.10. The van der Waals surface area contributed by atoms with Crippen molar-refractivity contribution in [3.63, 3.8) is 0 Å². The Morgan fingerprint density at radius 1 is 1.25 bits per heavy atom. The van der Waals surface area contributed by atoms with E-state index in [-0.39, 0.29) is 12.3 Å². The number of nitrogens with one attached hydrogen (secondary N) is 1. The van der Waals surface area contributed by atoms with E-state index in [1.165, 1.54) is 0 Å². The molecule has 0 aliphatic carbocycles. The van der Waals surface area contributed by atoms with Crippen LogP contribution in [0, 0.1) is 0 Å². The van der Waals surface area contributed by atoms with Gasteiger partial charge in [-0.2, -0.15) is 0 Å². The molecule has 0 spiro atoms. The van der Waals surface area contributed by atoms with Gasteiger partial charge in [-0.15, -0.1) is 0 Å². The van der Waals surface area contributed by atoms with Gasteiger partial charge in [0, 0.05) is 13.0 Å². The first-order valence-corrected chi connectivity index (χ1v) is 5.33. The fraction of sp³-hybridized carbons (Fsp3) is 0.700. The highest BCUT2D eigenvalue weighted by molar-refractivity contribution is 5.87. The summed E-state index contributed by atoms with van der Waals surface area (Å²) >= 11 is 0. The van der Waals surface area contributed by atoms with Crippen molar-refractivity contribution < 1.29 is 14.4 Å². The van der Waals surface area contributed by atoms with Crippen molar-refractivity contribution in [2.45, 2.75) is 38.1 Å². The van der Waals surface area contributed by atoms with Crippen LogP contribution in [0.15, 0.2) is 0 Å². The number of carbonyl (C=O) groups is 3. The Labute approximate surface area is 94.7 Å². The van der Waals surface area contributed by atoms with Crippen LogP contribution in [0.4, 0.5) is 0 Å². The molecule has 6 heteroatoms. The van der Waals surface area contributed by atoms with Crippen LogP contribution < -0.4 is 16.8 Å². The van der Waals surface area contributed by atoms with E-state index >= 15 is 0 Å². The van der Waals surface area contributed by atoms with Gasteiger partial charge in [0.05, 0.1) is 12.5 Å². The summed E-state index contributed by atoms with van der Waals surface area (Å²) in [4.78, 5) is 31.8. The molecule has 0 radical (unpaired) electrons. The lowest BCUT2D eigenvalue weighted by Crippen LogP contribution is -2.43. The van der Waals surface area contributed by atoms with Gasteiger partial charge in [0.25, 0.3) is 0 Å². The molecule has 0 heterocycles. The van der Waals surface area contributed by atoms with Gasteiger partial charge in [0.2, 0.25) is 11.8 Å². The Morgan fingerprint density at radius 3 is 2.50 bits per heavy atom. The van der Waals surface area contributed by atoms with Gasteiger partial charge in [-0.05, 0) is 12.8 Å². The minimum Gasteiger partial charge on any atom is -0.370 e. The van der Waals surface area contributed by atoms with Crippen molar-refractivity contribution in [2.75, 3.05) is 6.54 Å². The molecule has 2 amide bonds. The van der Waals surface area contributed by atoms with Crippen LogP contribution in [0.2, 0.25) is 0 Å². The number of aldehydes is 1. The minimum absolute atomic E-state index is 0.142. The molecule has 16 heavy (non-hydrogen) atoms. The highest BCUT2D eigenvalue weighted by atomic mass is 16.2. The molecule has 0 aliphatic heterocycles. The number of unbranched alkanes of at least 4 members (excludes halogenated alkanes) is 3. The fourth-order valence-corrected chi connectivity index (χ4v) is 1.18. The number of rotatable bonds is 9. The molecule has 0 aliphatic rings. The predicted octanol–water partition coefficient (Wildman–Crippen LogP) is -0.935. The topological polar surface area (TPSA) is 115 Å². The maximum absolute atomic E-state index is 11.3. The van der Waals surface area contributed by atoms with E-state index in [1.807, 2.05) is 0 Å². The number of amides is 2. The molecule has 0 saturated carbocycles. The standard InChI is InChI=1S/C10H19N3O3/c11-8(7-9(12)15)10(16)13-5-3-1-2-4-6-14/h6,8H,1-5,7,11H2,(H2,12,15)(H,13,16)/t8-/m0/s1. The van der Waals surface area contributed by atoms with Crippen molar-refractivity contribution in [3.05, 3.63) is 0 Å². The Balaban J connectivity index is 3.49. The number of hydrogen-bond donors (Lipinski definition) is 3. The summed E-state index contributed by atoms with van der Waals surface area (Å²) in [6, 6.07) is -0.868. The molecule has 0 unspecified atom stereocenters. The van der Waals surface area contributed by atoms with Crippen molar-refractivity contribution >= 4 is 18.1 Å². The van der Waals surface area contributed by atoms with Gasteiger partial charge in [-0.3, -0.25) is 9.59 Å². The van der Waals surface area contributed by atoms with Crippen LogP contribution >= 0.6 is 0 Å². The van der Waals surface area contributed by atoms with E-state index < -0.39 is 11.9 Å². The summed E-state index contributed by atoms with van der Waals surface area (Å²) in [5.41, 5.74) is 10.3. The lowest BCUT2D eigenvalue weighted by atomic mass is 10.2. The smallest absolute Gasteiger partial charge is 0.237 e. The number of carbonyl (C=O) groups excluding carboxylic acids is 3. The van der Waals surface area contributed by atoms with Gasteiger partial charge < -0.3 is 21.6 Å². The first-order chi connectivity index (χ1) is 7.57. The second kappa shape index (κ2) is 8.84. The quantitative estimate of drug-likeness (QED) is 0.349. The number of hydrogen-bond acceptors (Lipinski definition) is 4. The normalized spacial score (nSPS) is 11.8. The second-order valence-electron chi connectivity index (χ2n) is 3.58. The average molecular weight is 229 g/mol. The van der Waals surface area contributed by atoms with Crippen molar-refractivity contribution in [1.29, 1.82) is 0 Å². The summed E-state index contributed by atoms with van der Waals surface area (Å²) < 4.78 is 0. The Hall–Kier alpha value is -1.43. The van der Waals surface area contributed by atoms with Gasteiger partial charge in [-0.25, -0.2) is 0 Å². The van der Waals surface area contributed by atoms with Crippen molar-refractivity contribution in [2.24, 2.45) is 11.5 Å². The molecule has 0 rings (SSSR count). The molecule has 6 nitrogen and oxygen atoms in total. The number of nitrogens with two attached hydrogens (primary N) is 2. The molecule has 5 N–H and O–H groups in total. The zero-order valence-corrected chi connectivity index (χ0v) is 9.28. The first kappa shape index (κ1) is 14.6. The van der Waals surface area contributed by atoms with Gasteiger partial charge in [-0.1, -0.05) is 6.42 Å². The number of primary amides is 1. The monoisotopic (exact) mass is 229 g/mol. The molecule has 1 atom stereocenters. The third-order valence-corrected chi connectivity index (χ3v) is 2.06. The van der Waals surface area contributed by atoms with Gasteiger partial charge in [0.1, 0.15) is 6.29 Å². The van der Waals surface area contributed by atoms with Gasteiger partial charge in [0.15, 0.2) is 0 Å². The zero-order chi connectivity index (χ0) is 12.4. The summed E-state index contributed by atoms with van der Waals surface area (Å²) in [7, 11) is 0.